The minimum atomic E-state index is -2.35. The molecule has 1 N–H and O–H groups in total. The van der Waals surface area contributed by atoms with Crippen LogP contribution in [0.4, 0.5) is 8.78 Å². The second-order valence-electron chi connectivity index (χ2n) is 5.11. The molecule has 2 rings (SSSR count). The Morgan fingerprint density at radius 1 is 1.32 bits per heavy atom. The van der Waals surface area contributed by atoms with E-state index in [1.165, 1.54) is 5.56 Å². The lowest BCUT2D eigenvalue weighted by atomic mass is 10.1. The van der Waals surface area contributed by atoms with Gasteiger partial charge in [-0.15, -0.1) is 0 Å². The largest absolute Gasteiger partial charge is 0.311 e. The lowest BCUT2D eigenvalue weighted by molar-refractivity contribution is 0.139. The van der Waals surface area contributed by atoms with Crippen molar-refractivity contribution in [3.63, 3.8) is 0 Å². The first-order valence-electron chi connectivity index (χ1n) is 6.56. The maximum absolute atomic E-state index is 12.2. The Labute approximate surface area is 117 Å². The smallest absolute Gasteiger partial charge is 0.288 e. The molecule has 2 atom stereocenters. The van der Waals surface area contributed by atoms with Crippen molar-refractivity contribution in [2.45, 2.75) is 43.1 Å². The first-order valence-corrected chi connectivity index (χ1v) is 7.43. The van der Waals surface area contributed by atoms with Gasteiger partial charge in [0, 0.05) is 36.6 Å². The molecule has 1 heterocycles. The average Bonchev–Trinajstić information content (AvgIpc) is 2.35. The van der Waals surface area contributed by atoms with Gasteiger partial charge in [0.15, 0.2) is 0 Å². The number of thioether (sulfide) groups is 1. The highest BCUT2D eigenvalue weighted by Gasteiger charge is 2.22. The molecule has 0 bridgehead atoms. The van der Waals surface area contributed by atoms with E-state index in [-0.39, 0.29) is 0 Å². The second-order valence-corrected chi connectivity index (χ2v) is 6.17. The van der Waals surface area contributed by atoms with Crippen molar-refractivity contribution in [3.05, 3.63) is 29.8 Å². The summed E-state index contributed by atoms with van der Waals surface area (Å²) in [4.78, 5) is 3.05. The Morgan fingerprint density at radius 2 is 2.00 bits per heavy atom. The van der Waals surface area contributed by atoms with Gasteiger partial charge >= 0.3 is 0 Å². The molecule has 0 saturated carbocycles. The average molecular weight is 286 g/mol. The van der Waals surface area contributed by atoms with Crippen LogP contribution in [0.15, 0.2) is 29.2 Å². The van der Waals surface area contributed by atoms with E-state index in [0.29, 0.717) is 28.7 Å². The molecule has 1 aliphatic rings. The van der Waals surface area contributed by atoms with E-state index in [2.05, 4.69) is 24.1 Å². The fourth-order valence-corrected chi connectivity index (χ4v) is 2.83. The molecule has 1 aromatic rings. The molecule has 0 aromatic heterocycles. The van der Waals surface area contributed by atoms with Gasteiger partial charge in [-0.3, -0.25) is 4.90 Å². The van der Waals surface area contributed by atoms with Gasteiger partial charge in [0.2, 0.25) is 0 Å². The molecule has 1 aliphatic heterocycles. The van der Waals surface area contributed by atoms with E-state index in [1.807, 2.05) is 12.1 Å². The SMILES string of the molecule is CC1CN(Cc2ccc(SC(F)F)cc2)C(C)CN1. The van der Waals surface area contributed by atoms with Crippen LogP contribution in [0.2, 0.25) is 0 Å². The Bertz CT molecular complexity index is 397. The third-order valence-corrected chi connectivity index (χ3v) is 4.15. The van der Waals surface area contributed by atoms with Crippen molar-refractivity contribution in [3.8, 4) is 0 Å². The zero-order valence-electron chi connectivity index (χ0n) is 11.3. The highest BCUT2D eigenvalue weighted by atomic mass is 32.2. The van der Waals surface area contributed by atoms with E-state index >= 15 is 0 Å². The van der Waals surface area contributed by atoms with Crippen molar-refractivity contribution in [2.24, 2.45) is 0 Å². The first-order chi connectivity index (χ1) is 9.04. The van der Waals surface area contributed by atoms with E-state index < -0.39 is 5.76 Å². The van der Waals surface area contributed by atoms with Crippen LogP contribution in [0.5, 0.6) is 0 Å². The number of halogens is 2. The van der Waals surface area contributed by atoms with Crippen molar-refractivity contribution in [2.75, 3.05) is 13.1 Å². The quantitative estimate of drug-likeness (QED) is 0.856. The van der Waals surface area contributed by atoms with Gasteiger partial charge in [-0.25, -0.2) is 0 Å². The Kier molecular flexibility index (Phi) is 5.19. The maximum Gasteiger partial charge on any atom is 0.288 e. The predicted molar refractivity (Wildman–Crippen MR) is 75.6 cm³/mol. The van der Waals surface area contributed by atoms with Crippen LogP contribution < -0.4 is 5.32 Å². The predicted octanol–water partition coefficient (Wildman–Crippen LogP) is 3.18. The number of piperazine rings is 1. The lowest BCUT2D eigenvalue weighted by Gasteiger charge is -2.37. The molecular formula is C14H20F2N2S. The monoisotopic (exact) mass is 286 g/mol. The van der Waals surface area contributed by atoms with Crippen LogP contribution in [0.1, 0.15) is 19.4 Å². The highest BCUT2D eigenvalue weighted by Crippen LogP contribution is 2.25. The third kappa shape index (κ3) is 4.44. The Balaban J connectivity index is 1.95. The molecule has 2 nitrogen and oxygen atoms in total. The van der Waals surface area contributed by atoms with Gasteiger partial charge < -0.3 is 5.32 Å². The number of rotatable bonds is 4. The number of alkyl halides is 2. The van der Waals surface area contributed by atoms with Crippen LogP contribution in [0, 0.1) is 0 Å². The molecule has 1 aromatic carbocycles. The molecule has 0 spiro atoms. The Morgan fingerprint density at radius 3 is 2.63 bits per heavy atom. The molecule has 0 aliphatic carbocycles. The number of hydrogen-bond donors (Lipinski definition) is 1. The van der Waals surface area contributed by atoms with Gasteiger partial charge in [-0.05, 0) is 31.5 Å². The summed E-state index contributed by atoms with van der Waals surface area (Å²) >= 11 is 0.597. The van der Waals surface area contributed by atoms with E-state index in [1.54, 1.807) is 12.1 Å². The van der Waals surface area contributed by atoms with E-state index in [4.69, 9.17) is 0 Å². The first kappa shape index (κ1) is 14.8. The highest BCUT2D eigenvalue weighted by molar-refractivity contribution is 7.99. The summed E-state index contributed by atoms with van der Waals surface area (Å²) in [6.07, 6.45) is 0. The minimum absolute atomic E-state index is 0.505. The summed E-state index contributed by atoms with van der Waals surface area (Å²) < 4.78 is 24.5. The number of benzene rings is 1. The normalized spacial score (nSPS) is 24.9. The molecule has 5 heteroatoms. The van der Waals surface area contributed by atoms with Gasteiger partial charge in [-0.2, -0.15) is 8.78 Å². The second kappa shape index (κ2) is 6.68. The molecule has 0 amide bonds. The van der Waals surface area contributed by atoms with Crippen LogP contribution in [-0.4, -0.2) is 35.8 Å². The van der Waals surface area contributed by atoms with Crippen LogP contribution in [0.25, 0.3) is 0 Å². The van der Waals surface area contributed by atoms with Crippen molar-refractivity contribution in [1.29, 1.82) is 0 Å². The topological polar surface area (TPSA) is 15.3 Å². The van der Waals surface area contributed by atoms with E-state index in [9.17, 15) is 8.78 Å². The summed E-state index contributed by atoms with van der Waals surface area (Å²) in [6.45, 7) is 7.29. The standard InChI is InChI=1S/C14H20F2N2S/c1-10-8-18(11(2)7-17-10)9-12-3-5-13(6-4-12)19-14(15)16/h3-6,10-11,14,17H,7-9H2,1-2H3. The molecule has 0 radical (unpaired) electrons. The molecular weight excluding hydrogens is 266 g/mol. The molecule has 2 unspecified atom stereocenters. The third-order valence-electron chi connectivity index (χ3n) is 3.43. The van der Waals surface area contributed by atoms with E-state index in [0.717, 1.165) is 19.6 Å². The van der Waals surface area contributed by atoms with Crippen LogP contribution >= 0.6 is 11.8 Å². The number of nitrogens with one attached hydrogen (secondary N) is 1. The van der Waals surface area contributed by atoms with Crippen molar-refractivity contribution < 1.29 is 8.78 Å². The minimum Gasteiger partial charge on any atom is -0.311 e. The van der Waals surface area contributed by atoms with Crippen molar-refractivity contribution in [1.82, 2.24) is 10.2 Å². The molecule has 1 fully saturated rings. The zero-order chi connectivity index (χ0) is 13.8. The number of nitrogens with zero attached hydrogens (tertiary/aromatic N) is 1. The molecule has 106 valence electrons. The van der Waals surface area contributed by atoms with Crippen LogP contribution in [0.3, 0.4) is 0 Å². The Hall–Kier alpha value is -0.650. The summed E-state index contributed by atoms with van der Waals surface area (Å²) in [5, 5.41) is 3.45. The van der Waals surface area contributed by atoms with Gasteiger partial charge in [-0.1, -0.05) is 23.9 Å². The summed E-state index contributed by atoms with van der Waals surface area (Å²) in [5.74, 6) is -2.35. The van der Waals surface area contributed by atoms with Crippen molar-refractivity contribution >= 4 is 11.8 Å². The maximum atomic E-state index is 12.2. The van der Waals surface area contributed by atoms with Gasteiger partial charge in [0.1, 0.15) is 0 Å². The fourth-order valence-electron chi connectivity index (χ4n) is 2.33. The lowest BCUT2D eigenvalue weighted by Crippen LogP contribution is -2.53. The summed E-state index contributed by atoms with van der Waals surface area (Å²) in [5.41, 5.74) is 1.18. The molecule has 19 heavy (non-hydrogen) atoms. The van der Waals surface area contributed by atoms with Gasteiger partial charge in [0.05, 0.1) is 0 Å². The zero-order valence-corrected chi connectivity index (χ0v) is 12.1. The van der Waals surface area contributed by atoms with Crippen LogP contribution in [-0.2, 0) is 6.54 Å². The summed E-state index contributed by atoms with van der Waals surface area (Å²) in [7, 11) is 0. The molecule has 1 saturated heterocycles. The number of hydrogen-bond acceptors (Lipinski definition) is 3. The van der Waals surface area contributed by atoms with Gasteiger partial charge in [0.25, 0.3) is 5.76 Å². The fraction of sp³-hybridized carbons (Fsp3) is 0.571. The summed E-state index contributed by atoms with van der Waals surface area (Å²) in [6, 6.07) is 8.47.